The number of benzene rings is 1. The third-order valence-electron chi connectivity index (χ3n) is 3.13. The molecule has 2 heterocycles. The molecule has 4 heteroatoms. The van der Waals surface area contributed by atoms with Gasteiger partial charge in [-0.2, -0.15) is 0 Å². The van der Waals surface area contributed by atoms with Crippen LogP contribution >= 0.6 is 0 Å². The van der Waals surface area contributed by atoms with E-state index >= 15 is 0 Å². The molecule has 1 fully saturated rings. The summed E-state index contributed by atoms with van der Waals surface area (Å²) in [5.41, 5.74) is 2.44. The summed E-state index contributed by atoms with van der Waals surface area (Å²) in [7, 11) is 0. The van der Waals surface area contributed by atoms with E-state index in [4.69, 9.17) is 6.42 Å². The normalized spacial score (nSPS) is 19.2. The predicted molar refractivity (Wildman–Crippen MR) is 68.8 cm³/mol. The second-order valence-corrected chi connectivity index (χ2v) is 4.30. The average molecular weight is 237 g/mol. The number of rotatable bonds is 1. The van der Waals surface area contributed by atoms with Gasteiger partial charge in [-0.3, -0.25) is 14.8 Å². The van der Waals surface area contributed by atoms with Crippen molar-refractivity contribution in [2.75, 3.05) is 11.4 Å². The Morgan fingerprint density at radius 2 is 2.06 bits per heavy atom. The van der Waals surface area contributed by atoms with Crippen LogP contribution in [0.4, 0.5) is 5.69 Å². The topological polar surface area (TPSA) is 46.1 Å². The zero-order valence-corrected chi connectivity index (χ0v) is 9.71. The Kier molecular flexibility index (Phi) is 2.45. The molecule has 1 atom stereocenters. The SMILES string of the molecule is C#CC1CC(=O)N(c2ccc3nccnc3c2)C1. The maximum Gasteiger partial charge on any atom is 0.228 e. The van der Waals surface area contributed by atoms with Gasteiger partial charge >= 0.3 is 0 Å². The molecule has 1 aliphatic rings. The summed E-state index contributed by atoms with van der Waals surface area (Å²) in [5, 5.41) is 0. The van der Waals surface area contributed by atoms with Crippen LogP contribution in [-0.2, 0) is 4.79 Å². The Hall–Kier alpha value is -2.41. The van der Waals surface area contributed by atoms with Crippen LogP contribution < -0.4 is 4.90 Å². The summed E-state index contributed by atoms with van der Waals surface area (Å²) in [6, 6.07) is 5.63. The van der Waals surface area contributed by atoms with Gasteiger partial charge in [0.15, 0.2) is 0 Å². The number of fused-ring (bicyclic) bond motifs is 1. The lowest BCUT2D eigenvalue weighted by molar-refractivity contribution is -0.117. The molecule has 4 nitrogen and oxygen atoms in total. The van der Waals surface area contributed by atoms with Crippen molar-refractivity contribution in [2.45, 2.75) is 6.42 Å². The van der Waals surface area contributed by atoms with E-state index in [1.807, 2.05) is 18.2 Å². The Morgan fingerprint density at radius 1 is 1.28 bits per heavy atom. The molecular formula is C14H11N3O. The minimum Gasteiger partial charge on any atom is -0.311 e. The number of anilines is 1. The number of hydrogen-bond acceptors (Lipinski definition) is 3. The van der Waals surface area contributed by atoms with Gasteiger partial charge in [0.2, 0.25) is 5.91 Å². The van der Waals surface area contributed by atoms with Crippen LogP contribution in [0.1, 0.15) is 6.42 Å². The molecule has 1 amide bonds. The van der Waals surface area contributed by atoms with Gasteiger partial charge in [0.05, 0.1) is 11.0 Å². The third kappa shape index (κ3) is 1.70. The van der Waals surface area contributed by atoms with Gasteiger partial charge in [-0.1, -0.05) is 0 Å². The van der Waals surface area contributed by atoms with Gasteiger partial charge in [-0.05, 0) is 18.2 Å². The quantitative estimate of drug-likeness (QED) is 0.708. The molecule has 88 valence electrons. The largest absolute Gasteiger partial charge is 0.311 e. The van der Waals surface area contributed by atoms with Crippen molar-refractivity contribution in [1.82, 2.24) is 9.97 Å². The van der Waals surface area contributed by atoms with E-state index in [-0.39, 0.29) is 11.8 Å². The number of carbonyl (C=O) groups excluding carboxylic acids is 1. The summed E-state index contributed by atoms with van der Waals surface area (Å²) in [5.74, 6) is 2.72. The lowest BCUT2D eigenvalue weighted by Crippen LogP contribution is -2.24. The van der Waals surface area contributed by atoms with Crippen LogP contribution in [0.25, 0.3) is 11.0 Å². The fourth-order valence-corrected chi connectivity index (χ4v) is 2.19. The maximum atomic E-state index is 11.9. The fraction of sp³-hybridized carbons (Fsp3) is 0.214. The molecule has 1 saturated heterocycles. The highest BCUT2D eigenvalue weighted by Crippen LogP contribution is 2.26. The highest BCUT2D eigenvalue weighted by Gasteiger charge is 2.29. The molecule has 18 heavy (non-hydrogen) atoms. The van der Waals surface area contributed by atoms with Crippen molar-refractivity contribution >= 4 is 22.6 Å². The lowest BCUT2D eigenvalue weighted by Gasteiger charge is -2.16. The van der Waals surface area contributed by atoms with Gasteiger partial charge < -0.3 is 4.90 Å². The molecule has 1 aromatic carbocycles. The Balaban J connectivity index is 2.00. The molecule has 0 radical (unpaired) electrons. The van der Waals surface area contributed by atoms with Crippen molar-refractivity contribution in [3.05, 3.63) is 30.6 Å². The first kappa shape index (κ1) is 10.7. The molecule has 1 unspecified atom stereocenters. The highest BCUT2D eigenvalue weighted by molar-refractivity contribution is 5.97. The number of carbonyl (C=O) groups is 1. The molecule has 0 saturated carbocycles. The van der Waals surface area contributed by atoms with Crippen LogP contribution in [-0.4, -0.2) is 22.4 Å². The molecule has 3 rings (SSSR count). The van der Waals surface area contributed by atoms with E-state index in [0.29, 0.717) is 13.0 Å². The smallest absolute Gasteiger partial charge is 0.228 e. The van der Waals surface area contributed by atoms with Crippen molar-refractivity contribution in [1.29, 1.82) is 0 Å². The van der Waals surface area contributed by atoms with Crippen LogP contribution in [0.15, 0.2) is 30.6 Å². The van der Waals surface area contributed by atoms with Gasteiger partial charge in [0, 0.05) is 37.0 Å². The van der Waals surface area contributed by atoms with E-state index in [1.165, 1.54) is 0 Å². The fourth-order valence-electron chi connectivity index (χ4n) is 2.19. The van der Waals surface area contributed by atoms with Crippen molar-refractivity contribution in [3.63, 3.8) is 0 Å². The van der Waals surface area contributed by atoms with Crippen molar-refractivity contribution in [2.24, 2.45) is 5.92 Å². The summed E-state index contributed by atoms with van der Waals surface area (Å²) < 4.78 is 0. The van der Waals surface area contributed by atoms with Crippen LogP contribution in [0.5, 0.6) is 0 Å². The molecule has 0 spiro atoms. The minimum atomic E-state index is 0.00931. The summed E-state index contributed by atoms with van der Waals surface area (Å²) in [4.78, 5) is 22.0. The van der Waals surface area contributed by atoms with Gasteiger partial charge in [-0.25, -0.2) is 0 Å². The highest BCUT2D eigenvalue weighted by atomic mass is 16.2. The van der Waals surface area contributed by atoms with Crippen molar-refractivity contribution in [3.8, 4) is 12.3 Å². The van der Waals surface area contributed by atoms with Crippen LogP contribution in [0, 0.1) is 18.3 Å². The van der Waals surface area contributed by atoms with Gasteiger partial charge in [0.1, 0.15) is 0 Å². The van der Waals surface area contributed by atoms with E-state index in [2.05, 4.69) is 15.9 Å². The number of terminal acetylenes is 1. The first-order valence-electron chi connectivity index (χ1n) is 5.75. The average Bonchev–Trinajstić information content (AvgIpc) is 2.79. The molecular weight excluding hydrogens is 226 g/mol. The Bertz CT molecular complexity index is 659. The van der Waals surface area contributed by atoms with Crippen LogP contribution in [0.2, 0.25) is 0 Å². The van der Waals surface area contributed by atoms with E-state index in [0.717, 1.165) is 16.7 Å². The maximum absolute atomic E-state index is 11.9. The zero-order chi connectivity index (χ0) is 12.5. The van der Waals surface area contributed by atoms with Gasteiger partial charge in [0.25, 0.3) is 0 Å². The zero-order valence-electron chi connectivity index (χ0n) is 9.71. The van der Waals surface area contributed by atoms with Crippen LogP contribution in [0.3, 0.4) is 0 Å². The number of nitrogens with zero attached hydrogens (tertiary/aromatic N) is 3. The molecule has 2 aromatic rings. The second-order valence-electron chi connectivity index (χ2n) is 4.30. The monoisotopic (exact) mass is 237 g/mol. The van der Waals surface area contributed by atoms with Crippen molar-refractivity contribution < 1.29 is 4.79 Å². The molecule has 0 aliphatic carbocycles. The number of hydrogen-bond donors (Lipinski definition) is 0. The first-order chi connectivity index (χ1) is 8.78. The van der Waals surface area contributed by atoms with E-state index in [1.54, 1.807) is 17.3 Å². The molecule has 0 N–H and O–H groups in total. The van der Waals surface area contributed by atoms with E-state index in [9.17, 15) is 4.79 Å². The first-order valence-corrected chi connectivity index (χ1v) is 5.75. The molecule has 1 aliphatic heterocycles. The summed E-state index contributed by atoms with van der Waals surface area (Å²) in [6.45, 7) is 0.584. The van der Waals surface area contributed by atoms with Gasteiger partial charge in [-0.15, -0.1) is 12.3 Å². The Labute approximate surface area is 105 Å². The predicted octanol–water partition coefficient (Wildman–Crippen LogP) is 1.62. The van der Waals surface area contributed by atoms with E-state index < -0.39 is 0 Å². The number of aromatic nitrogens is 2. The standard InChI is InChI=1S/C14H11N3O/c1-2-10-7-14(18)17(9-10)11-3-4-12-13(8-11)16-6-5-15-12/h1,3-6,8,10H,7,9H2. The molecule has 0 bridgehead atoms. The lowest BCUT2D eigenvalue weighted by atomic mass is 10.1. The third-order valence-corrected chi connectivity index (χ3v) is 3.13. The summed E-state index contributed by atoms with van der Waals surface area (Å²) in [6.07, 6.45) is 9.09. The molecule has 1 aromatic heterocycles. The summed E-state index contributed by atoms with van der Waals surface area (Å²) >= 11 is 0. The minimum absolute atomic E-state index is 0.00931. The number of amides is 1. The second kappa shape index (κ2) is 4.11. The Morgan fingerprint density at radius 3 is 2.78 bits per heavy atom.